The van der Waals surface area contributed by atoms with Crippen LogP contribution in [0.25, 0.3) is 10.9 Å². The molecule has 2 saturated carbocycles. The second-order valence-electron chi connectivity index (χ2n) is 11.1. The Morgan fingerprint density at radius 3 is 2.69 bits per heavy atom. The lowest BCUT2D eigenvalue weighted by Gasteiger charge is -2.28. The maximum Gasteiger partial charge on any atom is 0.245 e. The lowest BCUT2D eigenvalue weighted by atomic mass is 10.1. The molecule has 3 aliphatic rings. The molecule has 3 aromatic rings. The van der Waals surface area contributed by atoms with Gasteiger partial charge in [-0.2, -0.15) is 10.2 Å². The molecule has 0 spiro atoms. The van der Waals surface area contributed by atoms with Crippen LogP contribution >= 0.6 is 23.2 Å². The van der Waals surface area contributed by atoms with Gasteiger partial charge in [0.05, 0.1) is 11.2 Å². The van der Waals surface area contributed by atoms with Crippen LogP contribution in [-0.4, -0.2) is 64.9 Å². The number of nitrogens with zero attached hydrogens (tertiary/aromatic N) is 4. The third-order valence-corrected chi connectivity index (χ3v) is 8.90. The Balaban J connectivity index is 1.18. The summed E-state index contributed by atoms with van der Waals surface area (Å²) in [6.45, 7) is 5.45. The number of hydrogen-bond acceptors (Lipinski definition) is 6. The number of H-pyrrole nitrogens is 1. The summed E-state index contributed by atoms with van der Waals surface area (Å²) in [5, 5.41) is 15.2. The highest BCUT2D eigenvalue weighted by Gasteiger charge is 2.58. The summed E-state index contributed by atoms with van der Waals surface area (Å²) in [4.78, 5) is 40.9. The molecule has 39 heavy (non-hydrogen) atoms. The first-order chi connectivity index (χ1) is 18.5. The zero-order valence-electron chi connectivity index (χ0n) is 21.9. The lowest BCUT2D eigenvalue weighted by Crippen LogP contribution is -2.51. The van der Waals surface area contributed by atoms with Gasteiger partial charge < -0.3 is 15.0 Å². The van der Waals surface area contributed by atoms with E-state index >= 15 is 0 Å². The molecule has 6 rings (SSSR count). The Morgan fingerprint density at radius 1 is 1.26 bits per heavy atom. The number of aryl methyl sites for hydroxylation is 1. The SMILES string of the molecule is CC(=O)c1nn(CC(=O)N2[C@@H]3C[C@@H]3C[C@H]2C(=O)N[C@H](C)[C@H]2CC2(Cl)Cl)c2ccc(OCc3cc(C)[nH]n3)cc12. The van der Waals surface area contributed by atoms with Crippen LogP contribution in [0.1, 0.15) is 55.0 Å². The van der Waals surface area contributed by atoms with Crippen LogP contribution < -0.4 is 10.1 Å². The number of nitrogens with one attached hydrogen (secondary N) is 2. The predicted molar refractivity (Wildman–Crippen MR) is 145 cm³/mol. The number of aromatic nitrogens is 4. The van der Waals surface area contributed by atoms with E-state index in [0.717, 1.165) is 17.8 Å². The van der Waals surface area contributed by atoms with Gasteiger partial charge in [-0.25, -0.2) is 0 Å². The Kier molecular flexibility index (Phi) is 6.38. The molecule has 2 N–H and O–H groups in total. The van der Waals surface area contributed by atoms with Crippen molar-refractivity contribution in [3.63, 3.8) is 0 Å². The molecule has 0 unspecified atom stereocenters. The van der Waals surface area contributed by atoms with Gasteiger partial charge in [0.25, 0.3) is 0 Å². The van der Waals surface area contributed by atoms with Crippen molar-refractivity contribution in [2.45, 2.75) is 75.6 Å². The topological polar surface area (TPSA) is 122 Å². The number of carbonyl (C=O) groups is 3. The van der Waals surface area contributed by atoms with E-state index in [1.165, 1.54) is 6.92 Å². The van der Waals surface area contributed by atoms with Gasteiger partial charge in [0.1, 0.15) is 35.0 Å². The van der Waals surface area contributed by atoms with Gasteiger partial charge in [-0.05, 0) is 63.3 Å². The predicted octanol–water partition coefficient (Wildman–Crippen LogP) is 3.54. The molecular formula is C27H30Cl2N6O4. The number of likely N-dealkylation sites (tertiary alicyclic amines) is 1. The minimum Gasteiger partial charge on any atom is -0.487 e. The van der Waals surface area contributed by atoms with Crippen LogP contribution in [0, 0.1) is 18.8 Å². The lowest BCUT2D eigenvalue weighted by molar-refractivity contribution is -0.140. The summed E-state index contributed by atoms with van der Waals surface area (Å²) in [6.07, 6.45) is 2.17. The Labute approximate surface area is 235 Å². The summed E-state index contributed by atoms with van der Waals surface area (Å²) in [6, 6.07) is 6.58. The van der Waals surface area contributed by atoms with E-state index in [9.17, 15) is 14.4 Å². The molecule has 3 heterocycles. The molecule has 2 amide bonds. The van der Waals surface area contributed by atoms with Gasteiger partial charge in [-0.1, -0.05) is 0 Å². The van der Waals surface area contributed by atoms with Crippen LogP contribution in [0.5, 0.6) is 5.75 Å². The van der Waals surface area contributed by atoms with Crippen LogP contribution in [0.4, 0.5) is 0 Å². The van der Waals surface area contributed by atoms with Crippen molar-refractivity contribution in [2.75, 3.05) is 0 Å². The molecule has 2 aromatic heterocycles. The van der Waals surface area contributed by atoms with Crippen molar-refractivity contribution in [1.82, 2.24) is 30.2 Å². The molecule has 1 saturated heterocycles. The summed E-state index contributed by atoms with van der Waals surface area (Å²) in [7, 11) is 0. The smallest absolute Gasteiger partial charge is 0.245 e. The normalized spacial score (nSPS) is 25.3. The molecule has 5 atom stereocenters. The number of amides is 2. The molecule has 1 aliphatic heterocycles. The zero-order valence-corrected chi connectivity index (χ0v) is 23.4. The second-order valence-corrected chi connectivity index (χ2v) is 12.6. The number of benzene rings is 1. The number of hydrogen-bond donors (Lipinski definition) is 2. The number of piperidine rings is 1. The number of halogens is 2. The fourth-order valence-corrected chi connectivity index (χ4v) is 6.50. The van der Waals surface area contributed by atoms with Gasteiger partial charge >= 0.3 is 0 Å². The minimum absolute atomic E-state index is 0.00239. The van der Waals surface area contributed by atoms with Crippen molar-refractivity contribution < 1.29 is 19.1 Å². The van der Waals surface area contributed by atoms with E-state index in [-0.39, 0.29) is 54.4 Å². The quantitative estimate of drug-likeness (QED) is 0.298. The summed E-state index contributed by atoms with van der Waals surface area (Å²) >= 11 is 12.4. The molecule has 2 aliphatic carbocycles. The molecule has 1 aromatic carbocycles. The number of aromatic amines is 1. The number of Topliss-reactive ketones (excluding diaryl/α,β-unsaturated/α-hetero) is 1. The van der Waals surface area contributed by atoms with Gasteiger partial charge in [0.15, 0.2) is 5.78 Å². The molecule has 206 valence electrons. The first kappa shape index (κ1) is 26.1. The number of carbonyl (C=O) groups excluding carboxylic acids is 3. The first-order valence-corrected chi connectivity index (χ1v) is 13.9. The monoisotopic (exact) mass is 572 g/mol. The fourth-order valence-electron chi connectivity index (χ4n) is 5.79. The highest BCUT2D eigenvalue weighted by atomic mass is 35.5. The van der Waals surface area contributed by atoms with Crippen molar-refractivity contribution in [1.29, 1.82) is 0 Å². The molecule has 3 fully saturated rings. The van der Waals surface area contributed by atoms with E-state index in [4.69, 9.17) is 27.9 Å². The molecular weight excluding hydrogens is 543 g/mol. The van der Waals surface area contributed by atoms with Crippen LogP contribution in [-0.2, 0) is 22.7 Å². The van der Waals surface area contributed by atoms with E-state index < -0.39 is 10.4 Å². The number of alkyl halides is 2. The highest BCUT2D eigenvalue weighted by molar-refractivity contribution is 6.51. The maximum atomic E-state index is 13.6. The fraction of sp³-hybridized carbons (Fsp3) is 0.519. The van der Waals surface area contributed by atoms with E-state index in [2.05, 4.69) is 20.6 Å². The van der Waals surface area contributed by atoms with Crippen LogP contribution in [0.3, 0.4) is 0 Å². The summed E-state index contributed by atoms with van der Waals surface area (Å²) < 4.78 is 6.63. The summed E-state index contributed by atoms with van der Waals surface area (Å²) in [5.74, 6) is 0.315. The zero-order chi connectivity index (χ0) is 27.6. The first-order valence-electron chi connectivity index (χ1n) is 13.2. The Hall–Kier alpha value is -3.11. The van der Waals surface area contributed by atoms with E-state index in [0.29, 0.717) is 35.4 Å². The van der Waals surface area contributed by atoms with Gasteiger partial charge in [-0.15, -0.1) is 23.2 Å². The Bertz CT molecular complexity index is 1480. The average molecular weight is 573 g/mol. The van der Waals surface area contributed by atoms with E-state index in [1.54, 1.807) is 27.8 Å². The van der Waals surface area contributed by atoms with Crippen molar-refractivity contribution in [3.05, 3.63) is 41.3 Å². The number of rotatable bonds is 9. The number of ketones is 1. The molecule has 12 heteroatoms. The van der Waals surface area contributed by atoms with Crippen molar-refractivity contribution in [2.24, 2.45) is 11.8 Å². The standard InChI is InChI=1S/C27H30Cl2N6O4/c1-13-6-17(32-31-13)12-39-18-4-5-21-19(9-18)25(15(3)36)33-34(21)11-24(37)35-22-7-16(22)8-23(35)26(38)30-14(2)20-10-27(20,28)29/h4-6,9,14,16,20,22-23H,7-8,10-12H2,1-3H3,(H,30,38)(H,31,32)/t14-,16-,20-,22-,23+/m1/s1. The third kappa shape index (κ3) is 5.00. The third-order valence-electron chi connectivity index (χ3n) is 8.03. The number of ether oxygens (including phenoxy) is 1. The van der Waals surface area contributed by atoms with Gasteiger partial charge in [-0.3, -0.25) is 24.2 Å². The number of fused-ring (bicyclic) bond motifs is 2. The maximum absolute atomic E-state index is 13.6. The summed E-state index contributed by atoms with van der Waals surface area (Å²) in [5.41, 5.74) is 2.61. The van der Waals surface area contributed by atoms with Crippen molar-refractivity contribution >= 4 is 51.7 Å². The van der Waals surface area contributed by atoms with Gasteiger partial charge in [0.2, 0.25) is 11.8 Å². The van der Waals surface area contributed by atoms with Gasteiger partial charge in [0, 0.05) is 36.0 Å². The largest absolute Gasteiger partial charge is 0.487 e. The Morgan fingerprint density at radius 2 is 2.03 bits per heavy atom. The molecule has 0 bridgehead atoms. The second kappa shape index (κ2) is 9.52. The van der Waals surface area contributed by atoms with E-state index in [1.807, 2.05) is 19.9 Å². The highest BCUT2D eigenvalue weighted by Crippen LogP contribution is 2.55. The minimum atomic E-state index is -0.793. The molecule has 0 radical (unpaired) electrons. The average Bonchev–Trinajstić information content (AvgIpc) is 3.57. The van der Waals surface area contributed by atoms with Crippen LogP contribution in [0.2, 0.25) is 0 Å². The molecule has 10 nitrogen and oxygen atoms in total. The van der Waals surface area contributed by atoms with Crippen molar-refractivity contribution in [3.8, 4) is 5.75 Å². The van der Waals surface area contributed by atoms with Crippen LogP contribution in [0.15, 0.2) is 24.3 Å².